The Morgan fingerprint density at radius 1 is 1.07 bits per heavy atom. The number of ketones is 1. The fourth-order valence-electron chi connectivity index (χ4n) is 1.21. The van der Waals surface area contributed by atoms with E-state index >= 15 is 0 Å². The van der Waals surface area contributed by atoms with E-state index in [1.54, 1.807) is 19.1 Å². The third kappa shape index (κ3) is 3.23. The average molecular weight is 264 g/mol. The predicted molar refractivity (Wildman–Crippen MR) is 65.8 cm³/mol. The molecule has 1 rings (SSSR count). The van der Waals surface area contributed by atoms with Crippen molar-refractivity contribution in [2.24, 2.45) is 0 Å². The lowest BCUT2D eigenvalue weighted by Crippen LogP contribution is -1.88. The maximum Gasteiger partial charge on any atom is 0.152 e. The monoisotopic (exact) mass is 262 g/mol. The molecule has 0 saturated carbocycles. The van der Waals surface area contributed by atoms with E-state index in [0.29, 0.717) is 15.1 Å². The second-order valence-corrected chi connectivity index (χ2v) is 4.41. The van der Waals surface area contributed by atoms with E-state index in [1.807, 2.05) is 0 Å². The fourth-order valence-corrected chi connectivity index (χ4v) is 1.90. The molecule has 80 valence electrons. The molecule has 0 amide bonds. The number of benzene rings is 1. The Morgan fingerprint density at radius 3 is 2.13 bits per heavy atom. The van der Waals surface area contributed by atoms with Crippen molar-refractivity contribution in [1.29, 1.82) is 0 Å². The zero-order chi connectivity index (χ0) is 11.6. The molecule has 0 aliphatic carbocycles. The van der Waals surface area contributed by atoms with E-state index in [9.17, 15) is 4.79 Å². The zero-order valence-corrected chi connectivity index (χ0v) is 10.5. The van der Waals surface area contributed by atoms with Crippen molar-refractivity contribution in [2.75, 3.05) is 0 Å². The SMILES string of the molecule is CC(=O)/C=C(\C)c1cc(Cl)c(Cl)cc1Cl. The Balaban J connectivity index is 3.26. The van der Waals surface area contributed by atoms with Gasteiger partial charge in [-0.25, -0.2) is 0 Å². The number of halogens is 3. The zero-order valence-electron chi connectivity index (χ0n) is 8.27. The molecule has 0 N–H and O–H groups in total. The van der Waals surface area contributed by atoms with Gasteiger partial charge in [0.25, 0.3) is 0 Å². The standard InChI is InChI=1S/C11H9Cl3O/c1-6(3-7(2)15)8-4-10(13)11(14)5-9(8)12/h3-5H,1-2H3/b6-3+. The number of hydrogen-bond acceptors (Lipinski definition) is 1. The maximum atomic E-state index is 10.9. The van der Waals surface area contributed by atoms with Crippen LogP contribution in [0.25, 0.3) is 5.57 Å². The molecule has 0 radical (unpaired) electrons. The summed E-state index contributed by atoms with van der Waals surface area (Å²) in [5.74, 6) is -0.0327. The van der Waals surface area contributed by atoms with Crippen molar-refractivity contribution < 1.29 is 4.79 Å². The van der Waals surface area contributed by atoms with Gasteiger partial charge in [0.05, 0.1) is 10.0 Å². The van der Waals surface area contributed by atoms with Crippen molar-refractivity contribution in [3.63, 3.8) is 0 Å². The van der Waals surface area contributed by atoms with Crippen molar-refractivity contribution in [3.05, 3.63) is 38.8 Å². The van der Waals surface area contributed by atoms with Gasteiger partial charge in [0.15, 0.2) is 5.78 Å². The summed E-state index contributed by atoms with van der Waals surface area (Å²) in [6, 6.07) is 3.22. The van der Waals surface area contributed by atoms with Crippen molar-refractivity contribution in [1.82, 2.24) is 0 Å². The van der Waals surface area contributed by atoms with Gasteiger partial charge in [0.1, 0.15) is 0 Å². The summed E-state index contributed by atoms with van der Waals surface area (Å²) >= 11 is 17.6. The summed E-state index contributed by atoms with van der Waals surface area (Å²) < 4.78 is 0. The van der Waals surface area contributed by atoms with Crippen LogP contribution >= 0.6 is 34.8 Å². The summed E-state index contributed by atoms with van der Waals surface area (Å²) in [5, 5.41) is 1.31. The van der Waals surface area contributed by atoms with Gasteiger partial charge in [-0.2, -0.15) is 0 Å². The van der Waals surface area contributed by atoms with Crippen LogP contribution in [0.2, 0.25) is 15.1 Å². The molecule has 1 nitrogen and oxygen atoms in total. The summed E-state index contributed by atoms with van der Waals surface area (Å²) in [4.78, 5) is 10.9. The smallest absolute Gasteiger partial charge is 0.152 e. The van der Waals surface area contributed by atoms with Crippen molar-refractivity contribution >= 4 is 46.2 Å². The quantitative estimate of drug-likeness (QED) is 0.561. The van der Waals surface area contributed by atoms with E-state index in [0.717, 1.165) is 11.1 Å². The predicted octanol–water partition coefficient (Wildman–Crippen LogP) is 4.64. The van der Waals surface area contributed by atoms with E-state index in [4.69, 9.17) is 34.8 Å². The summed E-state index contributed by atoms with van der Waals surface area (Å²) in [6.45, 7) is 3.28. The third-order valence-corrected chi connectivity index (χ3v) is 2.89. The highest BCUT2D eigenvalue weighted by Crippen LogP contribution is 2.32. The Hall–Kier alpha value is -0.500. The van der Waals surface area contributed by atoms with Gasteiger partial charge in [0.2, 0.25) is 0 Å². The number of allylic oxidation sites excluding steroid dienone is 2. The first kappa shape index (κ1) is 12.6. The summed E-state index contributed by atoms with van der Waals surface area (Å²) in [6.07, 6.45) is 1.51. The van der Waals surface area contributed by atoms with Crippen LogP contribution in [0.15, 0.2) is 18.2 Å². The van der Waals surface area contributed by atoms with Crippen LogP contribution in [0.1, 0.15) is 19.4 Å². The first-order valence-electron chi connectivity index (χ1n) is 4.25. The molecule has 0 fully saturated rings. The molecule has 0 aromatic heterocycles. The molecular weight excluding hydrogens is 254 g/mol. The van der Waals surface area contributed by atoms with E-state index < -0.39 is 0 Å². The highest BCUT2D eigenvalue weighted by Gasteiger charge is 2.07. The second kappa shape index (κ2) is 5.02. The number of carbonyl (C=O) groups excluding carboxylic acids is 1. The summed E-state index contributed by atoms with van der Waals surface area (Å²) in [7, 11) is 0. The lowest BCUT2D eigenvalue weighted by Gasteiger charge is -2.06. The minimum atomic E-state index is -0.0327. The van der Waals surface area contributed by atoms with E-state index in [-0.39, 0.29) is 5.78 Å². The lowest BCUT2D eigenvalue weighted by atomic mass is 10.1. The molecule has 1 aromatic rings. The number of hydrogen-bond donors (Lipinski definition) is 0. The molecular formula is C11H9Cl3O. The molecule has 0 bridgehead atoms. The Kier molecular flexibility index (Phi) is 4.21. The van der Waals surface area contributed by atoms with Crippen molar-refractivity contribution in [3.8, 4) is 0 Å². The Bertz CT molecular complexity index is 436. The maximum absolute atomic E-state index is 10.9. The van der Waals surface area contributed by atoms with Gasteiger partial charge >= 0.3 is 0 Å². The van der Waals surface area contributed by atoms with Gasteiger partial charge in [-0.1, -0.05) is 34.8 Å². The summed E-state index contributed by atoms with van der Waals surface area (Å²) in [5.41, 5.74) is 1.49. The molecule has 0 aliphatic rings. The van der Waals surface area contributed by atoms with Crippen LogP contribution in [0, 0.1) is 0 Å². The highest BCUT2D eigenvalue weighted by atomic mass is 35.5. The molecule has 0 atom stereocenters. The molecule has 1 aromatic carbocycles. The topological polar surface area (TPSA) is 17.1 Å². The van der Waals surface area contributed by atoms with Crippen LogP contribution in [-0.2, 0) is 4.79 Å². The molecule has 15 heavy (non-hydrogen) atoms. The minimum absolute atomic E-state index is 0.0327. The fraction of sp³-hybridized carbons (Fsp3) is 0.182. The first-order valence-corrected chi connectivity index (χ1v) is 5.39. The van der Waals surface area contributed by atoms with Gasteiger partial charge in [-0.3, -0.25) is 4.79 Å². The minimum Gasteiger partial charge on any atom is -0.295 e. The van der Waals surface area contributed by atoms with E-state index in [2.05, 4.69) is 0 Å². The second-order valence-electron chi connectivity index (χ2n) is 3.18. The Labute approximate surface area is 104 Å². The first-order chi connectivity index (χ1) is 6.91. The molecule has 0 aliphatic heterocycles. The molecule has 4 heteroatoms. The van der Waals surface area contributed by atoms with Crippen LogP contribution in [0.4, 0.5) is 0 Å². The van der Waals surface area contributed by atoms with Gasteiger partial charge in [-0.15, -0.1) is 0 Å². The molecule has 0 saturated heterocycles. The normalized spacial score (nSPS) is 11.7. The van der Waals surface area contributed by atoms with Crippen molar-refractivity contribution in [2.45, 2.75) is 13.8 Å². The number of carbonyl (C=O) groups is 1. The van der Waals surface area contributed by atoms with Gasteiger partial charge in [-0.05, 0) is 43.2 Å². The van der Waals surface area contributed by atoms with Crippen LogP contribution < -0.4 is 0 Å². The Morgan fingerprint density at radius 2 is 1.60 bits per heavy atom. The number of rotatable bonds is 2. The van der Waals surface area contributed by atoms with Crippen LogP contribution in [0.3, 0.4) is 0 Å². The van der Waals surface area contributed by atoms with Gasteiger partial charge < -0.3 is 0 Å². The van der Waals surface area contributed by atoms with E-state index in [1.165, 1.54) is 13.0 Å². The van der Waals surface area contributed by atoms with Crippen LogP contribution in [0.5, 0.6) is 0 Å². The molecule has 0 spiro atoms. The van der Waals surface area contributed by atoms with Gasteiger partial charge in [0, 0.05) is 5.02 Å². The average Bonchev–Trinajstić information content (AvgIpc) is 2.09. The lowest BCUT2D eigenvalue weighted by molar-refractivity contribution is -0.112. The van der Waals surface area contributed by atoms with Crippen LogP contribution in [-0.4, -0.2) is 5.78 Å². The molecule has 0 heterocycles. The largest absolute Gasteiger partial charge is 0.295 e. The molecule has 0 unspecified atom stereocenters. The third-order valence-electron chi connectivity index (χ3n) is 1.85. The highest BCUT2D eigenvalue weighted by molar-refractivity contribution is 6.43.